The topological polar surface area (TPSA) is 40.5 Å². The Kier molecular flexibility index (Phi) is 3.06. The average molecular weight is 261 g/mol. The standard InChI is InChI=1S/C14H15NO2S/c16-10-4-3-7-15(8-10)14(17)12-9-18-13-6-2-1-5-11(12)13/h1-2,5-6,9-10,16H,3-4,7-8H2/t10-/m0/s1. The molecule has 0 bridgehead atoms. The lowest BCUT2D eigenvalue weighted by atomic mass is 10.1. The number of rotatable bonds is 1. The number of carbonyl (C=O) groups is 1. The molecular formula is C14H15NO2S. The molecule has 1 aliphatic heterocycles. The van der Waals surface area contributed by atoms with Gasteiger partial charge in [-0.25, -0.2) is 0 Å². The van der Waals surface area contributed by atoms with E-state index in [1.54, 1.807) is 16.2 Å². The first-order chi connectivity index (χ1) is 8.75. The molecule has 1 aromatic carbocycles. The molecule has 0 aliphatic carbocycles. The lowest BCUT2D eigenvalue weighted by Crippen LogP contribution is -2.42. The maximum atomic E-state index is 12.4. The Labute approximate surface area is 110 Å². The molecule has 94 valence electrons. The molecule has 18 heavy (non-hydrogen) atoms. The summed E-state index contributed by atoms with van der Waals surface area (Å²) in [6.45, 7) is 1.21. The Morgan fingerprint density at radius 3 is 3.06 bits per heavy atom. The molecule has 3 rings (SSSR count). The predicted octanol–water partition coefficient (Wildman–Crippen LogP) is 2.50. The molecule has 1 aliphatic rings. The van der Waals surface area contributed by atoms with Gasteiger partial charge in [-0.15, -0.1) is 11.3 Å². The lowest BCUT2D eigenvalue weighted by molar-refractivity contribution is 0.0476. The van der Waals surface area contributed by atoms with Crippen LogP contribution < -0.4 is 0 Å². The third kappa shape index (κ3) is 2.02. The molecule has 0 radical (unpaired) electrons. The Morgan fingerprint density at radius 1 is 1.39 bits per heavy atom. The summed E-state index contributed by atoms with van der Waals surface area (Å²) in [5.41, 5.74) is 0.768. The van der Waals surface area contributed by atoms with Crippen molar-refractivity contribution in [1.82, 2.24) is 4.90 Å². The molecule has 3 nitrogen and oxygen atoms in total. The zero-order chi connectivity index (χ0) is 12.5. The van der Waals surface area contributed by atoms with Crippen molar-refractivity contribution in [3.8, 4) is 0 Å². The number of aliphatic hydroxyl groups is 1. The van der Waals surface area contributed by atoms with E-state index in [2.05, 4.69) is 0 Å². The van der Waals surface area contributed by atoms with Crippen molar-refractivity contribution < 1.29 is 9.90 Å². The average Bonchev–Trinajstić information content (AvgIpc) is 2.82. The second-order valence-electron chi connectivity index (χ2n) is 4.69. The van der Waals surface area contributed by atoms with E-state index in [1.165, 1.54) is 0 Å². The van der Waals surface area contributed by atoms with Crippen molar-refractivity contribution in [2.45, 2.75) is 18.9 Å². The molecule has 2 heterocycles. The summed E-state index contributed by atoms with van der Waals surface area (Å²) in [7, 11) is 0. The molecule has 1 atom stereocenters. The van der Waals surface area contributed by atoms with Gasteiger partial charge in [0.1, 0.15) is 0 Å². The number of fused-ring (bicyclic) bond motifs is 1. The monoisotopic (exact) mass is 261 g/mol. The molecule has 2 aromatic rings. The van der Waals surface area contributed by atoms with Crippen molar-refractivity contribution in [2.24, 2.45) is 0 Å². The van der Waals surface area contributed by atoms with E-state index >= 15 is 0 Å². The summed E-state index contributed by atoms with van der Waals surface area (Å²) >= 11 is 1.60. The largest absolute Gasteiger partial charge is 0.391 e. The van der Waals surface area contributed by atoms with Crippen LogP contribution in [0.3, 0.4) is 0 Å². The SMILES string of the molecule is O=C(c1csc2ccccc12)N1CCC[C@H](O)C1. The number of thiophene rings is 1. The van der Waals surface area contributed by atoms with Gasteiger partial charge < -0.3 is 10.0 Å². The van der Waals surface area contributed by atoms with Crippen molar-refractivity contribution in [2.75, 3.05) is 13.1 Å². The fourth-order valence-corrected chi connectivity index (χ4v) is 3.39. The molecule has 4 heteroatoms. The summed E-state index contributed by atoms with van der Waals surface area (Å²) < 4.78 is 1.14. The molecule has 1 fully saturated rings. The van der Waals surface area contributed by atoms with E-state index in [0.717, 1.165) is 35.0 Å². The quantitative estimate of drug-likeness (QED) is 0.857. The van der Waals surface area contributed by atoms with Crippen LogP contribution in [0.5, 0.6) is 0 Å². The third-order valence-electron chi connectivity index (χ3n) is 3.40. The number of aliphatic hydroxyl groups excluding tert-OH is 1. The summed E-state index contributed by atoms with van der Waals surface area (Å²) in [4.78, 5) is 14.2. The third-order valence-corrected chi connectivity index (χ3v) is 4.36. The van der Waals surface area contributed by atoms with Crippen LogP contribution in [0.2, 0.25) is 0 Å². The van der Waals surface area contributed by atoms with E-state index in [9.17, 15) is 9.90 Å². The first-order valence-corrected chi connectivity index (χ1v) is 7.07. The normalized spacial score (nSPS) is 20.3. The van der Waals surface area contributed by atoms with Crippen molar-refractivity contribution in [1.29, 1.82) is 0 Å². The molecule has 1 amide bonds. The van der Waals surface area contributed by atoms with Gasteiger partial charge >= 0.3 is 0 Å². The molecule has 1 aromatic heterocycles. The molecule has 0 spiro atoms. The molecule has 1 N–H and O–H groups in total. The van der Waals surface area contributed by atoms with E-state index in [-0.39, 0.29) is 12.0 Å². The van der Waals surface area contributed by atoms with Crippen molar-refractivity contribution >= 4 is 27.3 Å². The van der Waals surface area contributed by atoms with Crippen LogP contribution in [0.25, 0.3) is 10.1 Å². The van der Waals surface area contributed by atoms with Gasteiger partial charge in [0, 0.05) is 28.6 Å². The highest BCUT2D eigenvalue weighted by molar-refractivity contribution is 7.17. The van der Waals surface area contributed by atoms with Crippen LogP contribution in [0.1, 0.15) is 23.2 Å². The minimum atomic E-state index is -0.368. The van der Waals surface area contributed by atoms with E-state index in [1.807, 2.05) is 29.6 Å². The Balaban J connectivity index is 1.92. The molecule has 0 saturated carbocycles. The van der Waals surface area contributed by atoms with Crippen LogP contribution in [0, 0.1) is 0 Å². The smallest absolute Gasteiger partial charge is 0.255 e. The number of nitrogens with zero attached hydrogens (tertiary/aromatic N) is 1. The highest BCUT2D eigenvalue weighted by atomic mass is 32.1. The van der Waals surface area contributed by atoms with Gasteiger partial charge in [0.25, 0.3) is 5.91 Å². The van der Waals surface area contributed by atoms with Gasteiger partial charge in [-0.05, 0) is 18.9 Å². The van der Waals surface area contributed by atoms with Gasteiger partial charge in [-0.3, -0.25) is 4.79 Å². The Morgan fingerprint density at radius 2 is 2.22 bits per heavy atom. The maximum absolute atomic E-state index is 12.4. The van der Waals surface area contributed by atoms with Gasteiger partial charge in [-0.2, -0.15) is 0 Å². The number of hydrogen-bond acceptors (Lipinski definition) is 3. The van der Waals surface area contributed by atoms with Crippen LogP contribution in [-0.4, -0.2) is 35.1 Å². The molecular weight excluding hydrogens is 246 g/mol. The van der Waals surface area contributed by atoms with E-state index < -0.39 is 0 Å². The lowest BCUT2D eigenvalue weighted by Gasteiger charge is -2.30. The number of piperidine rings is 1. The van der Waals surface area contributed by atoms with Crippen LogP contribution in [-0.2, 0) is 0 Å². The Bertz CT molecular complexity index is 578. The predicted molar refractivity (Wildman–Crippen MR) is 73.0 cm³/mol. The van der Waals surface area contributed by atoms with Crippen LogP contribution >= 0.6 is 11.3 Å². The highest BCUT2D eigenvalue weighted by Crippen LogP contribution is 2.27. The van der Waals surface area contributed by atoms with Crippen molar-refractivity contribution in [3.05, 3.63) is 35.2 Å². The minimum Gasteiger partial charge on any atom is -0.391 e. The second-order valence-corrected chi connectivity index (χ2v) is 5.60. The number of benzene rings is 1. The molecule has 1 saturated heterocycles. The fourth-order valence-electron chi connectivity index (χ4n) is 2.45. The Hall–Kier alpha value is -1.39. The van der Waals surface area contributed by atoms with Crippen molar-refractivity contribution in [3.63, 3.8) is 0 Å². The summed E-state index contributed by atoms with van der Waals surface area (Å²) in [5.74, 6) is 0.0474. The zero-order valence-corrected chi connectivity index (χ0v) is 10.8. The van der Waals surface area contributed by atoms with Crippen LogP contribution in [0.4, 0.5) is 0 Å². The summed E-state index contributed by atoms with van der Waals surface area (Å²) in [6, 6.07) is 7.95. The number of likely N-dealkylation sites (tertiary alicyclic amines) is 1. The zero-order valence-electron chi connectivity index (χ0n) is 10.0. The highest BCUT2D eigenvalue weighted by Gasteiger charge is 2.24. The van der Waals surface area contributed by atoms with Gasteiger partial charge in [-0.1, -0.05) is 18.2 Å². The van der Waals surface area contributed by atoms with Gasteiger partial charge in [0.15, 0.2) is 0 Å². The summed E-state index contributed by atoms with van der Waals surface area (Å²) in [6.07, 6.45) is 1.32. The second kappa shape index (κ2) is 4.71. The van der Waals surface area contributed by atoms with E-state index in [0.29, 0.717) is 6.54 Å². The van der Waals surface area contributed by atoms with Gasteiger partial charge in [0.2, 0.25) is 0 Å². The van der Waals surface area contributed by atoms with Gasteiger partial charge in [0.05, 0.1) is 11.7 Å². The number of hydrogen-bond donors (Lipinski definition) is 1. The maximum Gasteiger partial charge on any atom is 0.255 e. The fraction of sp³-hybridized carbons (Fsp3) is 0.357. The summed E-state index contributed by atoms with van der Waals surface area (Å²) in [5, 5.41) is 12.6. The first-order valence-electron chi connectivity index (χ1n) is 6.19. The number of β-amino-alcohol motifs (C(OH)–C–C–N with tert-alkyl or cyclic N) is 1. The van der Waals surface area contributed by atoms with Crippen LogP contribution in [0.15, 0.2) is 29.6 Å². The number of carbonyl (C=O) groups excluding carboxylic acids is 1. The van der Waals surface area contributed by atoms with E-state index in [4.69, 9.17) is 0 Å². The minimum absolute atomic E-state index is 0.0474. The first kappa shape index (κ1) is 11.7. The molecule has 0 unspecified atom stereocenters. The number of amides is 1.